The van der Waals surface area contributed by atoms with Gasteiger partial charge < -0.3 is 19.9 Å². The van der Waals surface area contributed by atoms with Crippen LogP contribution in [0.25, 0.3) is 0 Å². The van der Waals surface area contributed by atoms with Crippen molar-refractivity contribution in [1.29, 1.82) is 0 Å². The van der Waals surface area contributed by atoms with Crippen molar-refractivity contribution < 1.29 is 4.74 Å². The fourth-order valence-corrected chi connectivity index (χ4v) is 4.18. The summed E-state index contributed by atoms with van der Waals surface area (Å²) in [5, 5.41) is 5.56. The molecule has 0 aliphatic carbocycles. The molecule has 3 heterocycles. The third-order valence-electron chi connectivity index (χ3n) is 4.85. The number of hydrogen-bond acceptors (Lipinski definition) is 5. The Morgan fingerprint density at radius 3 is 2.66 bits per heavy atom. The van der Waals surface area contributed by atoms with E-state index in [1.54, 1.807) is 11.3 Å². The van der Waals surface area contributed by atoms with Crippen LogP contribution in [-0.4, -0.2) is 61.8 Å². The van der Waals surface area contributed by atoms with Crippen molar-refractivity contribution in [2.24, 2.45) is 4.99 Å². The number of thiophene rings is 1. The predicted molar refractivity (Wildman–Crippen MR) is 133 cm³/mol. The van der Waals surface area contributed by atoms with Crippen LogP contribution in [0.4, 0.5) is 5.82 Å². The molecule has 1 N–H and O–H groups in total. The van der Waals surface area contributed by atoms with Crippen LogP contribution in [0.5, 0.6) is 0 Å². The average Bonchev–Trinajstić information content (AvgIpc) is 3.20. The van der Waals surface area contributed by atoms with Gasteiger partial charge in [-0.15, -0.1) is 35.3 Å². The number of aromatic nitrogens is 1. The number of nitrogens with one attached hydrogen (secondary N) is 1. The van der Waals surface area contributed by atoms with Gasteiger partial charge in [-0.05, 0) is 43.3 Å². The van der Waals surface area contributed by atoms with Crippen LogP contribution in [0, 0.1) is 0 Å². The normalized spacial score (nSPS) is 19.6. The maximum Gasteiger partial charge on any atom is 0.193 e. The van der Waals surface area contributed by atoms with E-state index in [-0.39, 0.29) is 36.2 Å². The van der Waals surface area contributed by atoms with Crippen LogP contribution in [0.2, 0.25) is 0 Å². The Labute approximate surface area is 195 Å². The van der Waals surface area contributed by atoms with Crippen molar-refractivity contribution in [3.8, 4) is 0 Å². The third-order valence-corrected chi connectivity index (χ3v) is 5.79. The van der Waals surface area contributed by atoms with Crippen LogP contribution in [0.1, 0.15) is 24.3 Å². The first kappa shape index (κ1) is 23.9. The van der Waals surface area contributed by atoms with E-state index in [4.69, 9.17) is 4.74 Å². The number of rotatable bonds is 6. The van der Waals surface area contributed by atoms with Gasteiger partial charge in [0.2, 0.25) is 0 Å². The highest BCUT2D eigenvalue weighted by molar-refractivity contribution is 14.0. The molecule has 8 heteroatoms. The van der Waals surface area contributed by atoms with Gasteiger partial charge in [0.05, 0.1) is 12.2 Å². The van der Waals surface area contributed by atoms with Gasteiger partial charge >= 0.3 is 0 Å². The Balaban J connectivity index is 0.00000300. The molecule has 2 atom stereocenters. The quantitative estimate of drug-likeness (QED) is 0.352. The lowest BCUT2D eigenvalue weighted by Crippen LogP contribution is -2.45. The van der Waals surface area contributed by atoms with E-state index >= 15 is 0 Å². The minimum Gasteiger partial charge on any atom is -0.372 e. The summed E-state index contributed by atoms with van der Waals surface area (Å²) in [7, 11) is 3.90. The van der Waals surface area contributed by atoms with Crippen LogP contribution >= 0.6 is 35.3 Å². The first-order chi connectivity index (χ1) is 13.5. The molecule has 29 heavy (non-hydrogen) atoms. The average molecular weight is 529 g/mol. The number of pyridine rings is 1. The summed E-state index contributed by atoms with van der Waals surface area (Å²) in [5.74, 6) is 1.92. The highest BCUT2D eigenvalue weighted by atomic mass is 127. The summed E-state index contributed by atoms with van der Waals surface area (Å²) in [6.45, 7) is 7.64. The van der Waals surface area contributed by atoms with Crippen molar-refractivity contribution in [3.05, 3.63) is 46.3 Å². The lowest BCUT2D eigenvalue weighted by molar-refractivity contribution is -0.00545. The van der Waals surface area contributed by atoms with Gasteiger partial charge in [-0.25, -0.2) is 4.98 Å². The molecule has 3 rings (SSSR count). The molecule has 0 radical (unpaired) electrons. The molecule has 1 fully saturated rings. The molecule has 2 unspecified atom stereocenters. The number of aliphatic imine (C=N–C) groups is 1. The number of morpholine rings is 1. The smallest absolute Gasteiger partial charge is 0.193 e. The Kier molecular flexibility index (Phi) is 9.64. The Bertz CT molecular complexity index is 743. The Hall–Kier alpha value is -1.39. The zero-order valence-corrected chi connectivity index (χ0v) is 20.8. The van der Waals surface area contributed by atoms with E-state index in [1.165, 1.54) is 4.88 Å². The lowest BCUT2D eigenvalue weighted by Gasteiger charge is -2.36. The van der Waals surface area contributed by atoms with E-state index in [0.29, 0.717) is 6.54 Å². The molecule has 1 aliphatic heterocycles. The molecule has 2 aromatic heterocycles. The van der Waals surface area contributed by atoms with Crippen molar-refractivity contribution in [3.63, 3.8) is 0 Å². The van der Waals surface area contributed by atoms with Crippen LogP contribution in [0.3, 0.4) is 0 Å². The molecule has 1 saturated heterocycles. The highest BCUT2D eigenvalue weighted by Gasteiger charge is 2.22. The second kappa shape index (κ2) is 11.7. The molecule has 1 aliphatic rings. The van der Waals surface area contributed by atoms with Gasteiger partial charge in [-0.2, -0.15) is 0 Å². The number of nitrogens with zero attached hydrogens (tertiary/aromatic N) is 4. The fraction of sp³-hybridized carbons (Fsp3) is 0.524. The van der Waals surface area contributed by atoms with Crippen LogP contribution < -0.4 is 10.2 Å². The summed E-state index contributed by atoms with van der Waals surface area (Å²) in [4.78, 5) is 14.9. The molecule has 6 nitrogen and oxygen atoms in total. The van der Waals surface area contributed by atoms with Gasteiger partial charge in [-0.1, -0.05) is 12.1 Å². The summed E-state index contributed by atoms with van der Waals surface area (Å²) < 4.78 is 5.81. The molecule has 0 aromatic carbocycles. The van der Waals surface area contributed by atoms with E-state index in [9.17, 15) is 0 Å². The van der Waals surface area contributed by atoms with Crippen LogP contribution in [-0.2, 0) is 17.7 Å². The monoisotopic (exact) mass is 529 g/mol. The molecule has 0 spiro atoms. The van der Waals surface area contributed by atoms with Crippen molar-refractivity contribution in [1.82, 2.24) is 15.2 Å². The van der Waals surface area contributed by atoms with Crippen molar-refractivity contribution in [2.75, 3.05) is 38.6 Å². The van der Waals surface area contributed by atoms with Gasteiger partial charge in [0.15, 0.2) is 5.96 Å². The van der Waals surface area contributed by atoms with Gasteiger partial charge in [-0.3, -0.25) is 4.99 Å². The molecule has 0 amide bonds. The number of anilines is 1. The minimum absolute atomic E-state index is 0. The zero-order valence-electron chi connectivity index (χ0n) is 17.7. The number of likely N-dealkylation sites (N-methyl/N-ethyl adjacent to an activating group) is 1. The first-order valence-electron chi connectivity index (χ1n) is 9.84. The third kappa shape index (κ3) is 7.11. The largest absolute Gasteiger partial charge is 0.372 e. The topological polar surface area (TPSA) is 53.0 Å². The summed E-state index contributed by atoms with van der Waals surface area (Å²) in [6.07, 6.45) is 3.45. The number of hydrogen-bond donors (Lipinski definition) is 1. The lowest BCUT2D eigenvalue weighted by atomic mass is 10.2. The molecule has 0 saturated carbocycles. The summed E-state index contributed by atoms with van der Waals surface area (Å²) in [5.41, 5.74) is 1.14. The Morgan fingerprint density at radius 2 is 2.07 bits per heavy atom. The molecule has 2 aromatic rings. The second-order valence-electron chi connectivity index (χ2n) is 7.34. The standard InChI is InChI=1S/C21H31N5OS.HI/c1-16-14-26(15-17(2)27-16)20-8-7-18(12-23-20)13-24-21(22-3)25(4)10-9-19-6-5-11-28-19;/h5-8,11-12,16-17H,9-10,13-15H2,1-4H3,(H,22,24);1H. The number of halogens is 1. The number of guanidine groups is 1. The first-order valence-corrected chi connectivity index (χ1v) is 10.7. The predicted octanol–water partition coefficient (Wildman–Crippen LogP) is 3.62. The zero-order chi connectivity index (χ0) is 19.9. The minimum atomic E-state index is 0. The molecule has 0 bridgehead atoms. The van der Waals surface area contributed by atoms with E-state index in [2.05, 4.69) is 75.6 Å². The number of ether oxygens (including phenoxy) is 1. The fourth-order valence-electron chi connectivity index (χ4n) is 3.48. The van der Waals surface area contributed by atoms with Gasteiger partial charge in [0.25, 0.3) is 0 Å². The van der Waals surface area contributed by atoms with E-state index in [0.717, 1.165) is 43.4 Å². The maximum absolute atomic E-state index is 5.81. The van der Waals surface area contributed by atoms with Crippen LogP contribution in [0.15, 0.2) is 40.8 Å². The molecular weight excluding hydrogens is 497 g/mol. The van der Waals surface area contributed by atoms with Gasteiger partial charge in [0, 0.05) is 51.3 Å². The molecule has 160 valence electrons. The van der Waals surface area contributed by atoms with Gasteiger partial charge in [0.1, 0.15) is 5.82 Å². The summed E-state index contributed by atoms with van der Waals surface area (Å²) in [6, 6.07) is 8.52. The second-order valence-corrected chi connectivity index (χ2v) is 8.37. The molecular formula is C21H32IN5OS. The summed E-state index contributed by atoms with van der Waals surface area (Å²) >= 11 is 1.80. The Morgan fingerprint density at radius 1 is 1.31 bits per heavy atom. The van der Waals surface area contributed by atoms with Crippen molar-refractivity contribution in [2.45, 2.75) is 39.0 Å². The SMILES string of the molecule is CN=C(NCc1ccc(N2CC(C)OC(C)C2)nc1)N(C)CCc1cccs1.I. The van der Waals surface area contributed by atoms with E-state index in [1.807, 2.05) is 13.2 Å². The highest BCUT2D eigenvalue weighted by Crippen LogP contribution is 2.18. The maximum atomic E-state index is 5.81. The van der Waals surface area contributed by atoms with Crippen molar-refractivity contribution >= 4 is 47.1 Å². The van der Waals surface area contributed by atoms with E-state index < -0.39 is 0 Å².